The van der Waals surface area contributed by atoms with Gasteiger partial charge in [-0.15, -0.1) is 0 Å². The Balaban J connectivity index is 1.19. The molecule has 1 unspecified atom stereocenters. The van der Waals surface area contributed by atoms with Crippen LogP contribution in [-0.4, -0.2) is 68.8 Å². The van der Waals surface area contributed by atoms with Gasteiger partial charge >= 0.3 is 6.03 Å². The highest BCUT2D eigenvalue weighted by molar-refractivity contribution is 5.74. The summed E-state index contributed by atoms with van der Waals surface area (Å²) in [6.07, 6.45) is 1.09. The second-order valence-electron chi connectivity index (χ2n) is 8.21. The predicted octanol–water partition coefficient (Wildman–Crippen LogP) is 3.05. The molecule has 0 spiro atoms. The van der Waals surface area contributed by atoms with Gasteiger partial charge in [0.2, 0.25) is 0 Å². The summed E-state index contributed by atoms with van der Waals surface area (Å²) in [6, 6.07) is 18.8. The van der Waals surface area contributed by atoms with E-state index in [4.69, 9.17) is 4.74 Å². The minimum absolute atomic E-state index is 0.0742. The highest BCUT2D eigenvalue weighted by atomic mass is 16.5. The van der Waals surface area contributed by atoms with Gasteiger partial charge in [-0.2, -0.15) is 0 Å². The van der Waals surface area contributed by atoms with Crippen LogP contribution in [0.5, 0.6) is 5.75 Å². The number of methoxy groups -OCH3 is 1. The standard InChI is InChI=1S/C24H32N4O2/c1-30-23-10-6-5-9-22(23)28-12-11-21(19-28)17-25-24(29)27-15-13-26(14-16-27)18-20-7-3-2-4-8-20/h2-10,21H,11-19H2,1H3,(H,25,29). The third-order valence-electron chi connectivity index (χ3n) is 6.16. The maximum atomic E-state index is 12.6. The van der Waals surface area contributed by atoms with Crippen LogP contribution in [-0.2, 0) is 6.54 Å². The summed E-state index contributed by atoms with van der Waals surface area (Å²) in [5.74, 6) is 1.38. The van der Waals surface area contributed by atoms with Gasteiger partial charge in [-0.05, 0) is 30.0 Å². The molecule has 1 N–H and O–H groups in total. The van der Waals surface area contributed by atoms with Crippen LogP contribution in [0.3, 0.4) is 0 Å². The van der Waals surface area contributed by atoms with E-state index in [-0.39, 0.29) is 6.03 Å². The van der Waals surface area contributed by atoms with Crippen molar-refractivity contribution in [3.8, 4) is 5.75 Å². The molecular formula is C24H32N4O2. The Morgan fingerprint density at radius 1 is 1.00 bits per heavy atom. The fourth-order valence-corrected chi connectivity index (χ4v) is 4.40. The number of urea groups is 1. The highest BCUT2D eigenvalue weighted by Crippen LogP contribution is 2.31. The van der Waals surface area contributed by atoms with Crippen LogP contribution in [0.15, 0.2) is 54.6 Å². The number of rotatable bonds is 6. The Bertz CT molecular complexity index is 821. The van der Waals surface area contributed by atoms with Crippen molar-refractivity contribution < 1.29 is 9.53 Å². The average molecular weight is 409 g/mol. The lowest BCUT2D eigenvalue weighted by atomic mass is 10.1. The van der Waals surface area contributed by atoms with E-state index >= 15 is 0 Å². The van der Waals surface area contributed by atoms with Crippen molar-refractivity contribution in [2.75, 3.05) is 57.8 Å². The fourth-order valence-electron chi connectivity index (χ4n) is 4.40. The van der Waals surface area contributed by atoms with Crippen molar-refractivity contribution in [2.24, 2.45) is 5.92 Å². The summed E-state index contributed by atoms with van der Waals surface area (Å²) in [6.45, 7) is 7.06. The molecule has 2 aromatic carbocycles. The van der Waals surface area contributed by atoms with Gasteiger partial charge in [0.25, 0.3) is 0 Å². The number of anilines is 1. The Morgan fingerprint density at radius 2 is 1.73 bits per heavy atom. The second kappa shape index (κ2) is 9.85. The van der Waals surface area contributed by atoms with Gasteiger partial charge in [0.05, 0.1) is 12.8 Å². The van der Waals surface area contributed by atoms with Gasteiger partial charge in [-0.3, -0.25) is 4.90 Å². The topological polar surface area (TPSA) is 48.1 Å². The number of carbonyl (C=O) groups is 1. The molecule has 2 aromatic rings. The Labute approximate surface area is 179 Å². The van der Waals surface area contributed by atoms with Crippen molar-refractivity contribution in [3.05, 3.63) is 60.2 Å². The van der Waals surface area contributed by atoms with Crippen molar-refractivity contribution in [3.63, 3.8) is 0 Å². The molecule has 2 aliphatic rings. The summed E-state index contributed by atoms with van der Waals surface area (Å²) in [5, 5.41) is 3.17. The zero-order valence-corrected chi connectivity index (χ0v) is 17.8. The van der Waals surface area contributed by atoms with E-state index in [2.05, 4.69) is 45.4 Å². The number of para-hydroxylation sites is 2. The number of hydrogen-bond acceptors (Lipinski definition) is 4. The number of hydrogen-bond donors (Lipinski definition) is 1. The second-order valence-corrected chi connectivity index (χ2v) is 8.21. The van der Waals surface area contributed by atoms with Gasteiger partial charge in [-0.25, -0.2) is 4.79 Å². The maximum absolute atomic E-state index is 12.6. The van der Waals surface area contributed by atoms with Gasteiger partial charge in [-0.1, -0.05) is 42.5 Å². The number of nitrogens with one attached hydrogen (secondary N) is 1. The maximum Gasteiger partial charge on any atom is 0.317 e. The number of nitrogens with zero attached hydrogens (tertiary/aromatic N) is 3. The molecule has 1 atom stereocenters. The normalized spacial score (nSPS) is 19.7. The molecule has 0 saturated carbocycles. The molecular weight excluding hydrogens is 376 g/mol. The minimum Gasteiger partial charge on any atom is -0.495 e. The quantitative estimate of drug-likeness (QED) is 0.798. The summed E-state index contributed by atoms with van der Waals surface area (Å²) in [4.78, 5) is 19.4. The summed E-state index contributed by atoms with van der Waals surface area (Å²) in [5.41, 5.74) is 2.47. The summed E-state index contributed by atoms with van der Waals surface area (Å²) in [7, 11) is 1.71. The molecule has 0 aliphatic carbocycles. The Kier molecular flexibility index (Phi) is 6.74. The first-order chi connectivity index (χ1) is 14.7. The fraction of sp³-hybridized carbons (Fsp3) is 0.458. The molecule has 30 heavy (non-hydrogen) atoms. The predicted molar refractivity (Wildman–Crippen MR) is 120 cm³/mol. The van der Waals surface area contributed by atoms with E-state index < -0.39 is 0 Å². The van der Waals surface area contributed by atoms with Crippen LogP contribution in [0.25, 0.3) is 0 Å². The molecule has 6 nitrogen and oxygen atoms in total. The number of amides is 2. The average Bonchev–Trinajstić information content (AvgIpc) is 3.27. The smallest absolute Gasteiger partial charge is 0.317 e. The minimum atomic E-state index is 0.0742. The molecule has 160 valence electrons. The van der Waals surface area contributed by atoms with E-state index in [1.54, 1.807) is 7.11 Å². The largest absolute Gasteiger partial charge is 0.495 e. The number of piperazine rings is 1. The summed E-state index contributed by atoms with van der Waals surface area (Å²) >= 11 is 0. The number of carbonyl (C=O) groups excluding carboxylic acids is 1. The Hall–Kier alpha value is -2.73. The molecule has 6 heteroatoms. The molecule has 0 bridgehead atoms. The van der Waals surface area contributed by atoms with E-state index in [9.17, 15) is 4.79 Å². The van der Waals surface area contributed by atoms with Crippen LogP contribution in [0.1, 0.15) is 12.0 Å². The molecule has 0 aromatic heterocycles. The number of ether oxygens (including phenoxy) is 1. The van der Waals surface area contributed by atoms with Crippen LogP contribution in [0, 0.1) is 5.92 Å². The zero-order valence-electron chi connectivity index (χ0n) is 17.8. The van der Waals surface area contributed by atoms with Crippen LogP contribution < -0.4 is 15.0 Å². The van der Waals surface area contributed by atoms with Gasteiger partial charge in [0.1, 0.15) is 5.75 Å². The lowest BCUT2D eigenvalue weighted by Gasteiger charge is -2.35. The van der Waals surface area contributed by atoms with Crippen molar-refractivity contribution in [1.29, 1.82) is 0 Å². The van der Waals surface area contributed by atoms with E-state index in [1.807, 2.05) is 29.2 Å². The first kappa shape index (κ1) is 20.5. The molecule has 4 rings (SSSR count). The van der Waals surface area contributed by atoms with E-state index in [0.29, 0.717) is 5.92 Å². The lowest BCUT2D eigenvalue weighted by Crippen LogP contribution is -2.52. The third kappa shape index (κ3) is 5.05. The molecule has 2 saturated heterocycles. The molecule has 2 aliphatic heterocycles. The third-order valence-corrected chi connectivity index (χ3v) is 6.16. The van der Waals surface area contributed by atoms with E-state index in [1.165, 1.54) is 5.56 Å². The number of benzene rings is 2. The SMILES string of the molecule is COc1ccccc1N1CCC(CNC(=O)N2CCN(Cc3ccccc3)CC2)C1. The van der Waals surface area contributed by atoms with Crippen molar-refractivity contribution in [1.82, 2.24) is 15.1 Å². The van der Waals surface area contributed by atoms with E-state index in [0.717, 1.165) is 70.2 Å². The van der Waals surface area contributed by atoms with Gasteiger partial charge in [0, 0.05) is 52.4 Å². The van der Waals surface area contributed by atoms with Crippen LogP contribution >= 0.6 is 0 Å². The van der Waals surface area contributed by atoms with Gasteiger partial charge in [0.15, 0.2) is 0 Å². The highest BCUT2D eigenvalue weighted by Gasteiger charge is 2.26. The zero-order chi connectivity index (χ0) is 20.8. The van der Waals surface area contributed by atoms with Gasteiger partial charge < -0.3 is 19.9 Å². The molecule has 2 heterocycles. The molecule has 0 radical (unpaired) electrons. The molecule has 2 fully saturated rings. The van der Waals surface area contributed by atoms with Crippen LogP contribution in [0.2, 0.25) is 0 Å². The lowest BCUT2D eigenvalue weighted by molar-refractivity contribution is 0.134. The summed E-state index contributed by atoms with van der Waals surface area (Å²) < 4.78 is 5.49. The monoisotopic (exact) mass is 408 g/mol. The first-order valence-corrected chi connectivity index (χ1v) is 10.9. The van der Waals surface area contributed by atoms with Crippen molar-refractivity contribution >= 4 is 11.7 Å². The first-order valence-electron chi connectivity index (χ1n) is 10.9. The van der Waals surface area contributed by atoms with Crippen LogP contribution in [0.4, 0.5) is 10.5 Å². The molecule has 2 amide bonds. The van der Waals surface area contributed by atoms with Crippen molar-refractivity contribution in [2.45, 2.75) is 13.0 Å². The Morgan fingerprint density at radius 3 is 2.50 bits per heavy atom.